The van der Waals surface area contributed by atoms with E-state index < -0.39 is 11.5 Å². The van der Waals surface area contributed by atoms with E-state index in [9.17, 15) is 14.4 Å². The molecular weight excluding hydrogens is 483 g/mol. The van der Waals surface area contributed by atoms with Crippen molar-refractivity contribution in [2.45, 2.75) is 38.3 Å². The van der Waals surface area contributed by atoms with Crippen LogP contribution in [0.5, 0.6) is 0 Å². The molecule has 0 bridgehead atoms. The molecule has 1 aromatic heterocycles. The number of nitrogens with zero attached hydrogens (tertiary/aromatic N) is 2. The van der Waals surface area contributed by atoms with Crippen LogP contribution < -0.4 is 0 Å². The molecule has 0 unspecified atom stereocenters. The van der Waals surface area contributed by atoms with E-state index in [4.69, 9.17) is 16.7 Å². The van der Waals surface area contributed by atoms with Crippen molar-refractivity contribution in [1.82, 2.24) is 9.80 Å². The number of carbonyl (C=O) groups excluding carboxylic acids is 2. The number of amides is 2. The predicted molar refractivity (Wildman–Crippen MR) is 137 cm³/mol. The van der Waals surface area contributed by atoms with E-state index >= 15 is 0 Å². The number of thiophene rings is 1. The van der Waals surface area contributed by atoms with Gasteiger partial charge in [-0.1, -0.05) is 41.9 Å². The first-order chi connectivity index (χ1) is 15.8. The van der Waals surface area contributed by atoms with Gasteiger partial charge in [0, 0.05) is 46.5 Å². The summed E-state index contributed by atoms with van der Waals surface area (Å²) < 4.78 is 1.03. The summed E-state index contributed by atoms with van der Waals surface area (Å²) in [6, 6.07) is 15.0. The number of benzene rings is 2. The predicted octanol–water partition coefficient (Wildman–Crippen LogP) is 4.40. The second-order valence-corrected chi connectivity index (χ2v) is 9.83. The number of hydrogen-bond donors (Lipinski definition) is 1. The SMILES string of the molecule is C[C@]1(C(=O)N(CCCC(=O)O)Cc2cccc(Cl)c2)CCN1C(=O)c1csc2ccccc12.[NaH]. The third kappa shape index (κ3) is 5.50. The van der Waals surface area contributed by atoms with E-state index in [1.165, 1.54) is 11.3 Å². The average Bonchev–Trinajstić information content (AvgIpc) is 3.21. The van der Waals surface area contributed by atoms with E-state index in [1.54, 1.807) is 28.9 Å². The number of carboxylic acids is 1. The standard InChI is InChI=1S/C25H25ClN2O4S.Na.H/c1-25(11-13-28(25)23(31)20-16-33-21-9-3-2-8-19(20)21)24(32)27(12-5-10-22(29)30)15-17-6-4-7-18(26)14-17;;/h2-4,6-9,14,16H,5,10-13,15H2,1H3,(H,29,30);;/t25-;;/m1../s1. The number of carbonyl (C=O) groups is 3. The number of fused-ring (bicyclic) bond motifs is 1. The van der Waals surface area contributed by atoms with Crippen molar-refractivity contribution in [3.05, 3.63) is 70.1 Å². The summed E-state index contributed by atoms with van der Waals surface area (Å²) in [5, 5.41) is 12.4. The molecular formula is C25H26ClN2NaO4S. The van der Waals surface area contributed by atoms with Gasteiger partial charge in [-0.15, -0.1) is 11.3 Å². The summed E-state index contributed by atoms with van der Waals surface area (Å²) >= 11 is 7.63. The second-order valence-electron chi connectivity index (χ2n) is 8.48. The van der Waals surface area contributed by atoms with Gasteiger partial charge in [-0.25, -0.2) is 0 Å². The molecule has 0 radical (unpaired) electrons. The Morgan fingerprint density at radius 1 is 1.18 bits per heavy atom. The van der Waals surface area contributed by atoms with Gasteiger partial charge in [0.1, 0.15) is 5.54 Å². The molecule has 1 aliphatic heterocycles. The Balaban J connectivity index is 0.00000324. The van der Waals surface area contributed by atoms with Crippen molar-refractivity contribution in [2.75, 3.05) is 13.1 Å². The monoisotopic (exact) mass is 508 g/mol. The maximum atomic E-state index is 13.7. The molecule has 1 saturated heterocycles. The first-order valence-electron chi connectivity index (χ1n) is 10.8. The zero-order valence-electron chi connectivity index (χ0n) is 18.3. The Labute approximate surface area is 229 Å². The van der Waals surface area contributed by atoms with Crippen LogP contribution in [0.1, 0.15) is 42.1 Å². The van der Waals surface area contributed by atoms with Crippen molar-refractivity contribution in [3.8, 4) is 0 Å². The number of hydrogen-bond acceptors (Lipinski definition) is 4. The Kier molecular flexibility index (Phi) is 8.82. The van der Waals surface area contributed by atoms with Gasteiger partial charge in [0.15, 0.2) is 0 Å². The van der Waals surface area contributed by atoms with Crippen LogP contribution >= 0.6 is 22.9 Å². The molecule has 9 heteroatoms. The molecule has 3 aromatic rings. The summed E-state index contributed by atoms with van der Waals surface area (Å²) in [7, 11) is 0. The average molecular weight is 509 g/mol. The van der Waals surface area contributed by atoms with Crippen LogP contribution in [-0.2, 0) is 16.1 Å². The van der Waals surface area contributed by atoms with Crippen LogP contribution in [-0.4, -0.2) is 80.9 Å². The van der Waals surface area contributed by atoms with Crippen molar-refractivity contribution in [2.24, 2.45) is 0 Å². The van der Waals surface area contributed by atoms with Gasteiger partial charge in [-0.05, 0) is 43.5 Å². The van der Waals surface area contributed by atoms with Crippen LogP contribution in [0.25, 0.3) is 10.1 Å². The molecule has 0 aliphatic carbocycles. The van der Waals surface area contributed by atoms with Gasteiger partial charge >= 0.3 is 35.5 Å². The summed E-state index contributed by atoms with van der Waals surface area (Å²) in [6.07, 6.45) is 0.866. The number of carboxylic acid groups (broad SMARTS) is 1. The second kappa shape index (κ2) is 11.2. The molecule has 2 heterocycles. The number of aliphatic carboxylic acids is 1. The summed E-state index contributed by atoms with van der Waals surface area (Å²) in [4.78, 5) is 41.5. The van der Waals surface area contributed by atoms with Crippen LogP contribution in [0.15, 0.2) is 53.9 Å². The van der Waals surface area contributed by atoms with E-state index in [1.807, 2.05) is 41.8 Å². The van der Waals surface area contributed by atoms with Gasteiger partial charge in [0.25, 0.3) is 5.91 Å². The minimum atomic E-state index is -0.970. The quantitative estimate of drug-likeness (QED) is 0.457. The molecule has 0 spiro atoms. The third-order valence-electron chi connectivity index (χ3n) is 6.20. The molecule has 1 fully saturated rings. The Hall–Kier alpha value is -1.90. The normalized spacial score (nSPS) is 17.1. The molecule has 1 N–H and O–H groups in total. The van der Waals surface area contributed by atoms with Crippen molar-refractivity contribution in [3.63, 3.8) is 0 Å². The molecule has 1 atom stereocenters. The molecule has 174 valence electrons. The van der Waals surface area contributed by atoms with Crippen LogP contribution in [0.3, 0.4) is 0 Å². The Bertz CT molecular complexity index is 1220. The molecule has 1 aliphatic rings. The fourth-order valence-electron chi connectivity index (χ4n) is 4.27. The van der Waals surface area contributed by atoms with Gasteiger partial charge in [0.05, 0.1) is 5.56 Å². The molecule has 34 heavy (non-hydrogen) atoms. The van der Waals surface area contributed by atoms with E-state index in [0.29, 0.717) is 36.5 Å². The van der Waals surface area contributed by atoms with Crippen LogP contribution in [0.4, 0.5) is 0 Å². The zero-order chi connectivity index (χ0) is 23.6. The molecule has 4 rings (SSSR count). The molecule has 2 aromatic carbocycles. The Morgan fingerprint density at radius 3 is 2.62 bits per heavy atom. The van der Waals surface area contributed by atoms with Gasteiger partial charge < -0.3 is 14.9 Å². The number of halogens is 1. The van der Waals surface area contributed by atoms with Crippen molar-refractivity contribution >= 4 is 80.4 Å². The number of likely N-dealkylation sites (tertiary alicyclic amines) is 1. The van der Waals surface area contributed by atoms with Crippen LogP contribution in [0, 0.1) is 0 Å². The molecule has 6 nitrogen and oxygen atoms in total. The maximum absolute atomic E-state index is 13.7. The van der Waals surface area contributed by atoms with Crippen LogP contribution in [0.2, 0.25) is 5.02 Å². The van der Waals surface area contributed by atoms with E-state index in [-0.39, 0.29) is 54.3 Å². The van der Waals surface area contributed by atoms with Gasteiger partial charge in [-0.2, -0.15) is 0 Å². The summed E-state index contributed by atoms with van der Waals surface area (Å²) in [5.74, 6) is -1.23. The summed E-state index contributed by atoms with van der Waals surface area (Å²) in [5.41, 5.74) is 0.499. The minimum absolute atomic E-state index is 0. The Morgan fingerprint density at radius 2 is 1.94 bits per heavy atom. The third-order valence-corrected chi connectivity index (χ3v) is 7.40. The van der Waals surface area contributed by atoms with E-state index in [2.05, 4.69) is 0 Å². The first-order valence-corrected chi connectivity index (χ1v) is 12.1. The van der Waals surface area contributed by atoms with Crippen molar-refractivity contribution < 1.29 is 19.5 Å². The van der Waals surface area contributed by atoms with Crippen molar-refractivity contribution in [1.29, 1.82) is 0 Å². The number of rotatable bonds is 8. The van der Waals surface area contributed by atoms with E-state index in [0.717, 1.165) is 15.6 Å². The first kappa shape index (κ1) is 26.7. The van der Waals surface area contributed by atoms with Gasteiger partial charge in [0.2, 0.25) is 5.91 Å². The fourth-order valence-corrected chi connectivity index (χ4v) is 5.41. The molecule has 0 saturated carbocycles. The molecule has 2 amide bonds. The van der Waals surface area contributed by atoms with Gasteiger partial charge in [-0.3, -0.25) is 14.4 Å². The summed E-state index contributed by atoms with van der Waals surface area (Å²) in [6.45, 7) is 2.90. The zero-order valence-corrected chi connectivity index (χ0v) is 19.9. The topological polar surface area (TPSA) is 77.9 Å². The fraction of sp³-hybridized carbons (Fsp3) is 0.320.